The lowest BCUT2D eigenvalue weighted by Gasteiger charge is -2.17. The molecule has 0 spiro atoms. The fourth-order valence-corrected chi connectivity index (χ4v) is 4.82. The van der Waals surface area contributed by atoms with Gasteiger partial charge in [-0.3, -0.25) is 0 Å². The van der Waals surface area contributed by atoms with E-state index in [-0.39, 0.29) is 10.3 Å². The van der Waals surface area contributed by atoms with Crippen molar-refractivity contribution < 1.29 is 8.42 Å². The Kier molecular flexibility index (Phi) is 5.92. The highest BCUT2D eigenvalue weighted by Gasteiger charge is 2.21. The van der Waals surface area contributed by atoms with Gasteiger partial charge in [0, 0.05) is 11.4 Å². The molecule has 17 heavy (non-hydrogen) atoms. The largest absolute Gasteiger partial charge is 0.250 e. The molecule has 0 amide bonds. The van der Waals surface area contributed by atoms with E-state index in [1.54, 1.807) is 6.07 Å². The van der Waals surface area contributed by atoms with Crippen LogP contribution >= 0.6 is 38.9 Å². The van der Waals surface area contributed by atoms with Gasteiger partial charge >= 0.3 is 0 Å². The van der Waals surface area contributed by atoms with Crippen LogP contribution in [0.2, 0.25) is 4.34 Å². The zero-order chi connectivity index (χ0) is 13.1. The third-order valence-corrected chi connectivity index (χ3v) is 6.10. The molecule has 0 aromatic carbocycles. The van der Waals surface area contributed by atoms with Gasteiger partial charge in [0.15, 0.2) is 0 Å². The van der Waals surface area contributed by atoms with E-state index < -0.39 is 10.0 Å². The van der Waals surface area contributed by atoms with Crippen molar-refractivity contribution in [2.45, 2.75) is 30.5 Å². The summed E-state index contributed by atoms with van der Waals surface area (Å²) < 4.78 is 27.5. The highest BCUT2D eigenvalue weighted by molar-refractivity contribution is 9.09. The summed E-state index contributed by atoms with van der Waals surface area (Å²) in [5.74, 6) is 0.437. The van der Waals surface area contributed by atoms with Crippen LogP contribution in [0.5, 0.6) is 0 Å². The van der Waals surface area contributed by atoms with Gasteiger partial charge in [0.25, 0.3) is 0 Å². The van der Waals surface area contributed by atoms with E-state index in [2.05, 4.69) is 34.5 Å². The van der Waals surface area contributed by atoms with Crippen LogP contribution in [-0.4, -0.2) is 19.8 Å². The highest BCUT2D eigenvalue weighted by Crippen LogP contribution is 2.25. The van der Waals surface area contributed by atoms with Crippen LogP contribution in [0.3, 0.4) is 0 Å². The molecule has 1 rings (SSSR count). The first-order valence-corrected chi connectivity index (χ1v) is 8.98. The van der Waals surface area contributed by atoms with Crippen molar-refractivity contribution in [1.29, 1.82) is 0 Å². The minimum absolute atomic E-state index is 0.0964. The van der Waals surface area contributed by atoms with Crippen LogP contribution in [-0.2, 0) is 10.0 Å². The number of alkyl halides is 1. The molecule has 1 atom stereocenters. The minimum Gasteiger partial charge on any atom is -0.207 e. The van der Waals surface area contributed by atoms with Gasteiger partial charge in [0.1, 0.15) is 4.21 Å². The molecular formula is C10H15BrClNO2S2. The maximum Gasteiger partial charge on any atom is 0.250 e. The number of nitrogens with one attached hydrogen (secondary N) is 1. The first-order valence-electron chi connectivity index (χ1n) is 5.18. The average molecular weight is 361 g/mol. The van der Waals surface area contributed by atoms with Crippen molar-refractivity contribution in [2.75, 3.05) is 5.33 Å². The Morgan fingerprint density at radius 1 is 1.47 bits per heavy atom. The zero-order valence-electron chi connectivity index (χ0n) is 9.61. The summed E-state index contributed by atoms with van der Waals surface area (Å²) in [6, 6.07) is 3.02. The molecule has 1 N–H and O–H groups in total. The first kappa shape index (κ1) is 15.4. The van der Waals surface area contributed by atoms with Crippen LogP contribution < -0.4 is 4.72 Å². The van der Waals surface area contributed by atoms with E-state index in [1.165, 1.54) is 6.07 Å². The maximum atomic E-state index is 12.0. The number of hydrogen-bond donors (Lipinski definition) is 1. The average Bonchev–Trinajstić information content (AvgIpc) is 2.63. The molecular weight excluding hydrogens is 346 g/mol. The molecule has 1 heterocycles. The fraction of sp³-hybridized carbons (Fsp3) is 0.600. The van der Waals surface area contributed by atoms with E-state index in [9.17, 15) is 8.42 Å². The van der Waals surface area contributed by atoms with Crippen molar-refractivity contribution in [3.63, 3.8) is 0 Å². The lowest BCUT2D eigenvalue weighted by atomic mass is 10.1. The quantitative estimate of drug-likeness (QED) is 0.789. The van der Waals surface area contributed by atoms with Crippen LogP contribution in [0.4, 0.5) is 0 Å². The number of hydrogen-bond acceptors (Lipinski definition) is 3. The van der Waals surface area contributed by atoms with E-state index in [0.29, 0.717) is 15.6 Å². The van der Waals surface area contributed by atoms with E-state index in [0.717, 1.165) is 17.8 Å². The van der Waals surface area contributed by atoms with Gasteiger partial charge in [0.05, 0.1) is 4.34 Å². The van der Waals surface area contributed by atoms with Gasteiger partial charge in [-0.25, -0.2) is 13.1 Å². The number of sulfonamides is 1. The minimum atomic E-state index is -3.44. The van der Waals surface area contributed by atoms with Gasteiger partial charge < -0.3 is 0 Å². The molecule has 3 nitrogen and oxygen atoms in total. The molecule has 7 heteroatoms. The standard InChI is InChI=1S/C10H15BrClNO2S2/c1-7(2)5-8(6-11)13-17(14,15)10-4-3-9(12)16-10/h3-4,7-8,13H,5-6H2,1-2H3. The Balaban J connectivity index is 2.78. The molecule has 1 unspecified atom stereocenters. The van der Waals surface area contributed by atoms with Gasteiger partial charge in [-0.2, -0.15) is 0 Å². The smallest absolute Gasteiger partial charge is 0.207 e. The third kappa shape index (κ3) is 4.87. The van der Waals surface area contributed by atoms with Crippen molar-refractivity contribution in [1.82, 2.24) is 4.72 Å². The van der Waals surface area contributed by atoms with Crippen molar-refractivity contribution in [3.8, 4) is 0 Å². The van der Waals surface area contributed by atoms with Gasteiger partial charge in [-0.05, 0) is 24.5 Å². The molecule has 0 aliphatic rings. The van der Waals surface area contributed by atoms with Gasteiger partial charge in [0.2, 0.25) is 10.0 Å². The summed E-state index contributed by atoms with van der Waals surface area (Å²) in [4.78, 5) is 0. The summed E-state index contributed by atoms with van der Waals surface area (Å²) in [7, 11) is -3.44. The van der Waals surface area contributed by atoms with Crippen molar-refractivity contribution in [2.24, 2.45) is 5.92 Å². The summed E-state index contributed by atoms with van der Waals surface area (Å²) in [6.07, 6.45) is 0.795. The van der Waals surface area contributed by atoms with Crippen LogP contribution in [0.25, 0.3) is 0 Å². The molecule has 0 saturated heterocycles. The van der Waals surface area contributed by atoms with Gasteiger partial charge in [-0.1, -0.05) is 41.4 Å². The molecule has 0 fully saturated rings. The molecule has 1 aromatic rings. The first-order chi connectivity index (χ1) is 7.85. The topological polar surface area (TPSA) is 46.2 Å². The normalized spacial score (nSPS) is 14.2. The Bertz CT molecular complexity index is 459. The number of halogens is 2. The monoisotopic (exact) mass is 359 g/mol. The predicted octanol–water partition coefficient (Wildman–Crippen LogP) is 3.49. The lowest BCUT2D eigenvalue weighted by Crippen LogP contribution is -2.36. The zero-order valence-corrected chi connectivity index (χ0v) is 13.6. The summed E-state index contributed by atoms with van der Waals surface area (Å²) in [6.45, 7) is 4.12. The number of rotatable bonds is 6. The maximum absolute atomic E-state index is 12.0. The van der Waals surface area contributed by atoms with Crippen LogP contribution in [0.15, 0.2) is 16.3 Å². The molecule has 98 valence electrons. The SMILES string of the molecule is CC(C)CC(CBr)NS(=O)(=O)c1ccc(Cl)s1. The van der Waals surface area contributed by atoms with E-state index in [1.807, 2.05) is 0 Å². The summed E-state index contributed by atoms with van der Waals surface area (Å²) in [5.41, 5.74) is 0. The molecule has 0 aliphatic heterocycles. The Morgan fingerprint density at radius 3 is 2.53 bits per heavy atom. The van der Waals surface area contributed by atoms with Crippen molar-refractivity contribution in [3.05, 3.63) is 16.5 Å². The van der Waals surface area contributed by atoms with E-state index in [4.69, 9.17) is 11.6 Å². The lowest BCUT2D eigenvalue weighted by molar-refractivity contribution is 0.489. The second kappa shape index (κ2) is 6.52. The molecule has 0 bridgehead atoms. The van der Waals surface area contributed by atoms with Gasteiger partial charge in [-0.15, -0.1) is 11.3 Å². The highest BCUT2D eigenvalue weighted by atomic mass is 79.9. The number of thiophene rings is 1. The fourth-order valence-electron chi connectivity index (χ4n) is 1.43. The summed E-state index contributed by atoms with van der Waals surface area (Å²) in [5, 5.41) is 0.601. The van der Waals surface area contributed by atoms with Crippen molar-refractivity contribution >= 4 is 48.9 Å². The second-order valence-electron chi connectivity index (χ2n) is 4.16. The van der Waals surface area contributed by atoms with E-state index >= 15 is 0 Å². The second-order valence-corrected chi connectivity index (χ2v) is 8.46. The third-order valence-electron chi connectivity index (χ3n) is 2.08. The molecule has 0 aliphatic carbocycles. The van der Waals surface area contributed by atoms with Crippen LogP contribution in [0.1, 0.15) is 20.3 Å². The predicted molar refractivity (Wildman–Crippen MR) is 76.7 cm³/mol. The molecule has 0 radical (unpaired) electrons. The Hall–Kier alpha value is 0.380. The molecule has 1 aromatic heterocycles. The Labute approximate surface area is 120 Å². The molecule has 0 saturated carbocycles. The van der Waals surface area contributed by atoms with Crippen LogP contribution in [0, 0.1) is 5.92 Å². The Morgan fingerprint density at radius 2 is 2.12 bits per heavy atom. The summed E-state index contributed by atoms with van der Waals surface area (Å²) >= 11 is 10.1.